The third-order valence-corrected chi connectivity index (χ3v) is 4.50. The van der Waals surface area contributed by atoms with Gasteiger partial charge in [0.1, 0.15) is 0 Å². The quantitative estimate of drug-likeness (QED) is 0.617. The van der Waals surface area contributed by atoms with Crippen molar-refractivity contribution in [3.8, 4) is 0 Å². The summed E-state index contributed by atoms with van der Waals surface area (Å²) < 4.78 is 43.7. The van der Waals surface area contributed by atoms with Crippen LogP contribution in [0.15, 0.2) is 71.9 Å². The molecule has 4 rings (SSSR count). The Morgan fingerprint density at radius 1 is 1.04 bits per heavy atom. The molecule has 4 nitrogen and oxygen atoms in total. The maximum absolute atomic E-state index is 12.8. The van der Waals surface area contributed by atoms with E-state index in [0.717, 1.165) is 34.3 Å². The van der Waals surface area contributed by atoms with E-state index in [1.54, 1.807) is 11.1 Å². The van der Waals surface area contributed by atoms with E-state index in [4.69, 9.17) is 4.74 Å². The lowest BCUT2D eigenvalue weighted by Gasteiger charge is -2.27. The van der Waals surface area contributed by atoms with E-state index < -0.39 is 11.7 Å². The van der Waals surface area contributed by atoms with Gasteiger partial charge in [0, 0.05) is 29.4 Å². The number of hydrogen-bond donors (Lipinski definition) is 0. The summed E-state index contributed by atoms with van der Waals surface area (Å²) in [5, 5.41) is 1.03. The molecular formula is C21H16F3N3O. The van der Waals surface area contributed by atoms with Crippen LogP contribution in [0.2, 0.25) is 0 Å². The molecular weight excluding hydrogens is 367 g/mol. The van der Waals surface area contributed by atoms with Crippen LogP contribution in [0.25, 0.3) is 16.6 Å². The number of aromatic nitrogens is 1. The van der Waals surface area contributed by atoms with Gasteiger partial charge in [0.05, 0.1) is 23.9 Å². The number of nitrogens with zero attached hydrogens (tertiary/aromatic N) is 3. The van der Waals surface area contributed by atoms with Gasteiger partial charge in [0.25, 0.3) is 6.02 Å². The minimum atomic E-state index is -4.37. The molecule has 0 N–H and O–H groups in total. The summed E-state index contributed by atoms with van der Waals surface area (Å²) in [7, 11) is 1.49. The predicted octanol–water partition coefficient (Wildman–Crippen LogP) is 5.12. The molecule has 28 heavy (non-hydrogen) atoms. The molecule has 7 heteroatoms. The number of benzene rings is 2. The molecule has 0 radical (unpaired) electrons. The van der Waals surface area contributed by atoms with Crippen LogP contribution in [0, 0.1) is 0 Å². The summed E-state index contributed by atoms with van der Waals surface area (Å²) >= 11 is 0. The summed E-state index contributed by atoms with van der Waals surface area (Å²) in [6.07, 6.45) is -0.725. The summed E-state index contributed by atoms with van der Waals surface area (Å²) in [5.74, 6) is 0. The van der Waals surface area contributed by atoms with Crippen LogP contribution < -0.4 is 4.90 Å². The minimum Gasteiger partial charge on any atom is -0.468 e. The molecule has 2 heterocycles. The SMILES string of the molecule is COC1=NC(c2ccc3cccnc3c2)=CCN1c1ccc(C(F)(F)F)cc1. The lowest BCUT2D eigenvalue weighted by molar-refractivity contribution is -0.137. The maximum Gasteiger partial charge on any atom is 0.416 e. The Bertz CT molecular complexity index is 1070. The molecule has 1 aliphatic rings. The van der Waals surface area contributed by atoms with Gasteiger partial charge in [-0.3, -0.25) is 9.88 Å². The Morgan fingerprint density at radius 3 is 2.54 bits per heavy atom. The van der Waals surface area contributed by atoms with Gasteiger partial charge in [-0.05, 0) is 42.5 Å². The molecule has 3 aromatic rings. The Labute approximate surface area is 159 Å². The Hall–Kier alpha value is -3.35. The molecule has 0 atom stereocenters. The van der Waals surface area contributed by atoms with Crippen LogP contribution in [0.4, 0.5) is 18.9 Å². The van der Waals surface area contributed by atoms with Crippen molar-refractivity contribution in [2.75, 3.05) is 18.6 Å². The van der Waals surface area contributed by atoms with E-state index in [9.17, 15) is 13.2 Å². The van der Waals surface area contributed by atoms with Gasteiger partial charge in [0.2, 0.25) is 0 Å². The molecule has 1 aromatic heterocycles. The van der Waals surface area contributed by atoms with Crippen molar-refractivity contribution in [1.29, 1.82) is 0 Å². The number of ether oxygens (including phenoxy) is 1. The van der Waals surface area contributed by atoms with Gasteiger partial charge in [-0.25, -0.2) is 0 Å². The van der Waals surface area contributed by atoms with E-state index in [1.807, 2.05) is 36.4 Å². The number of fused-ring (bicyclic) bond motifs is 1. The highest BCUT2D eigenvalue weighted by Crippen LogP contribution is 2.31. The van der Waals surface area contributed by atoms with E-state index in [0.29, 0.717) is 18.3 Å². The molecule has 142 valence electrons. The molecule has 2 aromatic carbocycles. The molecule has 0 unspecified atom stereocenters. The fourth-order valence-electron chi connectivity index (χ4n) is 3.08. The number of pyridine rings is 1. The monoisotopic (exact) mass is 383 g/mol. The van der Waals surface area contributed by atoms with E-state index in [1.165, 1.54) is 19.2 Å². The fourth-order valence-corrected chi connectivity index (χ4v) is 3.08. The second kappa shape index (κ2) is 6.99. The van der Waals surface area contributed by atoms with E-state index in [2.05, 4.69) is 9.98 Å². The first-order valence-corrected chi connectivity index (χ1v) is 8.58. The first-order valence-electron chi connectivity index (χ1n) is 8.58. The lowest BCUT2D eigenvalue weighted by Crippen LogP contribution is -2.34. The number of amidine groups is 1. The van der Waals surface area contributed by atoms with Crippen LogP contribution in [0.1, 0.15) is 11.1 Å². The van der Waals surface area contributed by atoms with Crippen LogP contribution in [-0.4, -0.2) is 24.7 Å². The Balaban J connectivity index is 1.63. The molecule has 0 spiro atoms. The fraction of sp³-hybridized carbons (Fsp3) is 0.143. The van der Waals surface area contributed by atoms with Gasteiger partial charge in [-0.1, -0.05) is 18.2 Å². The van der Waals surface area contributed by atoms with Gasteiger partial charge in [0.15, 0.2) is 0 Å². The normalized spacial score (nSPS) is 14.6. The Kier molecular flexibility index (Phi) is 4.50. The second-order valence-electron chi connectivity index (χ2n) is 6.25. The third kappa shape index (κ3) is 3.43. The summed E-state index contributed by atoms with van der Waals surface area (Å²) in [5.41, 5.74) is 2.37. The second-order valence-corrected chi connectivity index (χ2v) is 6.25. The first-order chi connectivity index (χ1) is 13.5. The van der Waals surface area contributed by atoms with Crippen molar-refractivity contribution in [2.45, 2.75) is 6.18 Å². The van der Waals surface area contributed by atoms with Crippen molar-refractivity contribution in [3.05, 3.63) is 78.0 Å². The summed E-state index contributed by atoms with van der Waals surface area (Å²) in [4.78, 5) is 10.6. The molecule has 0 amide bonds. The molecule has 1 aliphatic heterocycles. The van der Waals surface area contributed by atoms with Crippen LogP contribution in [0.3, 0.4) is 0 Å². The molecule has 0 bridgehead atoms. The standard InChI is InChI=1S/C21H16F3N3O/c1-28-20-26-18(15-5-4-14-3-2-11-25-19(14)13-15)10-12-27(20)17-8-6-16(7-9-17)21(22,23)24/h2-11,13H,12H2,1H3. The minimum absolute atomic E-state index is 0.318. The number of methoxy groups -OCH3 is 1. The van der Waals surface area contributed by atoms with E-state index >= 15 is 0 Å². The van der Waals surface area contributed by atoms with Crippen molar-refractivity contribution in [3.63, 3.8) is 0 Å². The van der Waals surface area contributed by atoms with E-state index in [-0.39, 0.29) is 0 Å². The number of aliphatic imine (C=N–C) groups is 1. The maximum atomic E-state index is 12.8. The zero-order valence-corrected chi connectivity index (χ0v) is 14.9. The van der Waals surface area contributed by atoms with Crippen LogP contribution in [0.5, 0.6) is 0 Å². The highest BCUT2D eigenvalue weighted by molar-refractivity contribution is 5.98. The number of halogens is 3. The summed E-state index contributed by atoms with van der Waals surface area (Å²) in [6, 6.07) is 15.0. The average molecular weight is 383 g/mol. The molecule has 0 aliphatic carbocycles. The van der Waals surface area contributed by atoms with Crippen molar-refractivity contribution >= 4 is 28.3 Å². The Morgan fingerprint density at radius 2 is 1.82 bits per heavy atom. The van der Waals surface area contributed by atoms with Crippen molar-refractivity contribution in [2.24, 2.45) is 4.99 Å². The van der Waals surface area contributed by atoms with Gasteiger partial charge in [-0.2, -0.15) is 18.2 Å². The average Bonchev–Trinajstić information content (AvgIpc) is 2.72. The van der Waals surface area contributed by atoms with Gasteiger partial charge >= 0.3 is 6.18 Å². The summed E-state index contributed by atoms with van der Waals surface area (Å²) in [6.45, 7) is 0.424. The predicted molar refractivity (Wildman–Crippen MR) is 103 cm³/mol. The highest BCUT2D eigenvalue weighted by Gasteiger charge is 2.30. The van der Waals surface area contributed by atoms with Crippen molar-refractivity contribution < 1.29 is 17.9 Å². The molecule has 0 saturated carbocycles. The molecule has 0 saturated heterocycles. The number of alkyl halides is 3. The lowest BCUT2D eigenvalue weighted by atomic mass is 10.1. The van der Waals surface area contributed by atoms with Crippen LogP contribution in [-0.2, 0) is 10.9 Å². The number of rotatable bonds is 2. The first kappa shape index (κ1) is 18.0. The topological polar surface area (TPSA) is 37.7 Å². The number of anilines is 1. The van der Waals surface area contributed by atoms with Gasteiger partial charge in [-0.15, -0.1) is 0 Å². The highest BCUT2D eigenvalue weighted by atomic mass is 19.4. The molecule has 0 fully saturated rings. The van der Waals surface area contributed by atoms with Gasteiger partial charge < -0.3 is 4.74 Å². The zero-order chi connectivity index (χ0) is 19.7. The number of hydrogen-bond acceptors (Lipinski definition) is 4. The third-order valence-electron chi connectivity index (χ3n) is 4.50. The van der Waals surface area contributed by atoms with Crippen LogP contribution >= 0.6 is 0 Å². The smallest absolute Gasteiger partial charge is 0.416 e. The van der Waals surface area contributed by atoms with Crippen molar-refractivity contribution in [1.82, 2.24) is 4.98 Å². The zero-order valence-electron chi connectivity index (χ0n) is 14.9. The largest absolute Gasteiger partial charge is 0.468 e.